The van der Waals surface area contributed by atoms with Crippen molar-refractivity contribution in [1.29, 1.82) is 0 Å². The Morgan fingerprint density at radius 1 is 0.304 bits per heavy atom. The Balaban J connectivity index is 5.27. The minimum Gasteiger partial charge on any atom is -0.462 e. The zero-order valence-corrected chi connectivity index (χ0v) is 62.0. The van der Waals surface area contributed by atoms with Crippen molar-refractivity contribution >= 4 is 39.5 Å². The first kappa shape index (κ1) is 90.1. The van der Waals surface area contributed by atoms with Gasteiger partial charge in [-0.1, -0.05) is 312 Å². The number of aliphatic hydroxyl groups is 1. The summed E-state index contributed by atoms with van der Waals surface area (Å²) < 4.78 is 68.4. The van der Waals surface area contributed by atoms with Crippen molar-refractivity contribution in [2.45, 2.75) is 382 Å². The van der Waals surface area contributed by atoms with Crippen LogP contribution >= 0.6 is 15.6 Å². The van der Waals surface area contributed by atoms with Crippen LogP contribution in [0, 0.1) is 23.7 Å². The Morgan fingerprint density at radius 2 is 0.522 bits per heavy atom. The van der Waals surface area contributed by atoms with Crippen LogP contribution in [0.2, 0.25) is 0 Å². The van der Waals surface area contributed by atoms with Crippen LogP contribution in [-0.4, -0.2) is 96.7 Å². The number of aliphatic hydroxyl groups excluding tert-OH is 1. The van der Waals surface area contributed by atoms with Gasteiger partial charge in [0.05, 0.1) is 26.4 Å². The molecule has 546 valence electrons. The lowest BCUT2D eigenvalue weighted by Gasteiger charge is -2.21. The quantitative estimate of drug-likeness (QED) is 0.0222. The molecule has 0 aliphatic heterocycles. The van der Waals surface area contributed by atoms with E-state index in [2.05, 4.69) is 55.4 Å². The van der Waals surface area contributed by atoms with Crippen molar-refractivity contribution in [1.82, 2.24) is 0 Å². The van der Waals surface area contributed by atoms with E-state index < -0.39 is 97.5 Å². The summed E-state index contributed by atoms with van der Waals surface area (Å²) in [7, 11) is -9.91. The van der Waals surface area contributed by atoms with E-state index in [4.69, 9.17) is 37.0 Å². The summed E-state index contributed by atoms with van der Waals surface area (Å²) in [5.74, 6) is 0.919. The molecule has 0 aromatic heterocycles. The van der Waals surface area contributed by atoms with Crippen LogP contribution in [0.3, 0.4) is 0 Å². The Labute approximate surface area is 562 Å². The fourth-order valence-corrected chi connectivity index (χ4v) is 12.6. The fraction of sp³-hybridized carbons (Fsp3) is 0.945. The number of rotatable bonds is 70. The van der Waals surface area contributed by atoms with Crippen LogP contribution < -0.4 is 0 Å². The molecule has 0 aromatic carbocycles. The topological polar surface area (TPSA) is 237 Å². The molecule has 0 bridgehead atoms. The van der Waals surface area contributed by atoms with Crippen LogP contribution in [-0.2, 0) is 65.4 Å². The Hall–Kier alpha value is -1.94. The minimum atomic E-state index is -4.96. The molecule has 3 N–H and O–H groups in total. The van der Waals surface area contributed by atoms with Gasteiger partial charge in [-0.2, -0.15) is 0 Å². The van der Waals surface area contributed by atoms with Crippen molar-refractivity contribution in [3.63, 3.8) is 0 Å². The molecule has 19 heteroatoms. The maximum absolute atomic E-state index is 13.1. The highest BCUT2D eigenvalue weighted by atomic mass is 31.2. The molecule has 0 aliphatic rings. The fourth-order valence-electron chi connectivity index (χ4n) is 11.0. The number of hydrogen-bond acceptors (Lipinski definition) is 15. The van der Waals surface area contributed by atoms with Gasteiger partial charge in [0.15, 0.2) is 12.2 Å². The van der Waals surface area contributed by atoms with Gasteiger partial charge in [0.2, 0.25) is 0 Å². The summed E-state index contributed by atoms with van der Waals surface area (Å²) in [6.45, 7) is 14.2. The predicted molar refractivity (Wildman–Crippen MR) is 372 cm³/mol. The van der Waals surface area contributed by atoms with Crippen molar-refractivity contribution in [3.05, 3.63) is 0 Å². The second-order valence-corrected chi connectivity index (χ2v) is 30.9. The van der Waals surface area contributed by atoms with Crippen molar-refractivity contribution < 1.29 is 80.2 Å². The molecule has 0 heterocycles. The summed E-state index contributed by atoms with van der Waals surface area (Å²) in [6, 6.07) is 0. The molecule has 0 rings (SSSR count). The standard InChI is InChI=1S/C73H142O17P2/c1-9-66(8)52-44-36-28-20-16-17-23-31-40-48-56-73(78)89-68(59-83-70(75)53-45-37-29-21-14-10-12-18-25-33-41-49-63(2)3)61-87-91(79,80)85-57-67(74)58-86-92(81,82)88-62-69(60-84-71(76)54-46-38-32-24-27-35-43-51-65(6)7)90-72(77)55-47-39-30-22-15-11-13-19-26-34-42-50-64(4)5/h63-69,74H,9-62H2,1-8H3,(H,79,80)(H,81,82)/t66?,67?,68-,69-/m1/s1. The van der Waals surface area contributed by atoms with Crippen LogP contribution in [0.5, 0.6) is 0 Å². The highest BCUT2D eigenvalue weighted by Gasteiger charge is 2.30. The van der Waals surface area contributed by atoms with Crippen molar-refractivity contribution in [3.8, 4) is 0 Å². The monoisotopic (exact) mass is 1350 g/mol. The molecule has 0 fully saturated rings. The third-order valence-electron chi connectivity index (χ3n) is 17.2. The van der Waals surface area contributed by atoms with Crippen LogP contribution in [0.25, 0.3) is 0 Å². The Morgan fingerprint density at radius 3 is 0.772 bits per heavy atom. The lowest BCUT2D eigenvalue weighted by molar-refractivity contribution is -0.161. The zero-order chi connectivity index (χ0) is 68.2. The second-order valence-electron chi connectivity index (χ2n) is 28.0. The predicted octanol–water partition coefficient (Wildman–Crippen LogP) is 20.9. The number of unbranched alkanes of at least 4 members (excludes halogenated alkanes) is 35. The number of hydrogen-bond donors (Lipinski definition) is 3. The largest absolute Gasteiger partial charge is 0.472 e. The van der Waals surface area contributed by atoms with E-state index in [1.807, 2.05) is 0 Å². The summed E-state index contributed by atoms with van der Waals surface area (Å²) >= 11 is 0. The van der Waals surface area contributed by atoms with E-state index >= 15 is 0 Å². The van der Waals surface area contributed by atoms with Gasteiger partial charge in [-0.3, -0.25) is 37.3 Å². The lowest BCUT2D eigenvalue weighted by atomic mass is 9.99. The first-order chi connectivity index (χ1) is 44.1. The number of ether oxygens (including phenoxy) is 4. The van der Waals surface area contributed by atoms with E-state index in [1.165, 1.54) is 161 Å². The van der Waals surface area contributed by atoms with E-state index in [9.17, 15) is 43.2 Å². The molecule has 0 saturated carbocycles. The highest BCUT2D eigenvalue weighted by molar-refractivity contribution is 7.47. The van der Waals surface area contributed by atoms with Crippen LogP contribution in [0.4, 0.5) is 0 Å². The molecule has 0 amide bonds. The Kier molecular flexibility index (Phi) is 61.3. The third kappa shape index (κ3) is 65.4. The molecular formula is C73H142O17P2. The highest BCUT2D eigenvalue weighted by Crippen LogP contribution is 2.45. The summed E-state index contributed by atoms with van der Waals surface area (Å²) in [6.07, 6.45) is 45.7. The van der Waals surface area contributed by atoms with Gasteiger partial charge in [-0.15, -0.1) is 0 Å². The molecular weight excluding hydrogens is 1210 g/mol. The van der Waals surface area contributed by atoms with Gasteiger partial charge in [0.1, 0.15) is 19.3 Å². The lowest BCUT2D eigenvalue weighted by Crippen LogP contribution is -2.30. The molecule has 6 atom stereocenters. The van der Waals surface area contributed by atoms with Gasteiger partial charge in [-0.05, 0) is 49.4 Å². The Bertz CT molecular complexity index is 1820. The number of phosphoric ester groups is 2. The van der Waals surface area contributed by atoms with Gasteiger partial charge in [0.25, 0.3) is 0 Å². The van der Waals surface area contributed by atoms with Gasteiger partial charge < -0.3 is 33.8 Å². The molecule has 0 aliphatic carbocycles. The van der Waals surface area contributed by atoms with Gasteiger partial charge >= 0.3 is 39.5 Å². The maximum atomic E-state index is 13.1. The first-order valence-electron chi connectivity index (χ1n) is 37.7. The molecule has 92 heavy (non-hydrogen) atoms. The average Bonchev–Trinajstić information content (AvgIpc) is 2.68. The number of carbonyl (C=O) groups is 4. The molecule has 0 radical (unpaired) electrons. The zero-order valence-electron chi connectivity index (χ0n) is 60.2. The average molecular weight is 1350 g/mol. The number of phosphoric acid groups is 2. The van der Waals surface area contributed by atoms with Crippen LogP contribution in [0.15, 0.2) is 0 Å². The van der Waals surface area contributed by atoms with Crippen LogP contribution in [0.1, 0.15) is 364 Å². The van der Waals surface area contributed by atoms with Gasteiger partial charge in [-0.25, -0.2) is 9.13 Å². The first-order valence-corrected chi connectivity index (χ1v) is 40.7. The molecule has 0 aromatic rings. The number of carbonyl (C=O) groups excluding carboxylic acids is 4. The van der Waals surface area contributed by atoms with Gasteiger partial charge in [0, 0.05) is 25.7 Å². The summed E-state index contributed by atoms with van der Waals surface area (Å²) in [5, 5.41) is 10.6. The number of esters is 4. The minimum absolute atomic E-state index is 0.105. The molecule has 17 nitrogen and oxygen atoms in total. The van der Waals surface area contributed by atoms with Crippen molar-refractivity contribution in [2.75, 3.05) is 39.6 Å². The molecule has 0 spiro atoms. The van der Waals surface area contributed by atoms with E-state index in [1.54, 1.807) is 0 Å². The molecule has 0 saturated heterocycles. The van der Waals surface area contributed by atoms with Crippen molar-refractivity contribution in [2.24, 2.45) is 23.7 Å². The third-order valence-corrected chi connectivity index (χ3v) is 19.1. The van der Waals surface area contributed by atoms with E-state index in [-0.39, 0.29) is 25.7 Å². The maximum Gasteiger partial charge on any atom is 0.472 e. The summed E-state index contributed by atoms with van der Waals surface area (Å²) in [4.78, 5) is 72.7. The van der Waals surface area contributed by atoms with E-state index in [0.717, 1.165) is 114 Å². The van der Waals surface area contributed by atoms with E-state index in [0.29, 0.717) is 31.6 Å². The second kappa shape index (κ2) is 62.6. The normalized spacial score (nSPS) is 14.5. The smallest absolute Gasteiger partial charge is 0.462 e. The molecule has 4 unspecified atom stereocenters. The summed E-state index contributed by atoms with van der Waals surface area (Å²) in [5.41, 5.74) is 0. The SMILES string of the molecule is CCC(C)CCCCCCCCCCCCC(=O)O[C@H](COC(=O)CCCCCCCCCCCCCC(C)C)COP(=O)(O)OCC(O)COP(=O)(O)OC[C@@H](COC(=O)CCCCCCCCCC(C)C)OC(=O)CCCCCCCCCCCCCC(C)C.